The van der Waals surface area contributed by atoms with Crippen LogP contribution in [-0.4, -0.2) is 31.7 Å². The zero-order chi connectivity index (χ0) is 17.4. The molecule has 0 aliphatic heterocycles. The first-order valence-corrected chi connectivity index (χ1v) is 8.09. The van der Waals surface area contributed by atoms with Gasteiger partial charge in [-0.2, -0.15) is 0 Å². The number of pyridine rings is 1. The smallest absolute Gasteiger partial charge is 0.293 e. The summed E-state index contributed by atoms with van der Waals surface area (Å²) in [5.74, 6) is -0.134. The molecule has 0 bridgehead atoms. The summed E-state index contributed by atoms with van der Waals surface area (Å²) in [5.41, 5.74) is 1.75. The molecule has 1 aliphatic rings. The van der Waals surface area contributed by atoms with Gasteiger partial charge in [0.1, 0.15) is 11.2 Å². The predicted molar refractivity (Wildman–Crippen MR) is 92.1 cm³/mol. The van der Waals surface area contributed by atoms with Crippen molar-refractivity contribution in [1.82, 2.24) is 14.9 Å². The zero-order valence-electron chi connectivity index (χ0n) is 13.4. The summed E-state index contributed by atoms with van der Waals surface area (Å²) in [7, 11) is 0. The van der Waals surface area contributed by atoms with Crippen molar-refractivity contribution in [2.45, 2.75) is 25.4 Å². The van der Waals surface area contributed by atoms with Crippen LogP contribution >= 0.6 is 0 Å². The van der Waals surface area contributed by atoms with Crippen molar-refractivity contribution in [3.05, 3.63) is 70.2 Å². The van der Waals surface area contributed by atoms with Crippen molar-refractivity contribution in [2.75, 3.05) is 0 Å². The van der Waals surface area contributed by atoms with Crippen molar-refractivity contribution in [2.24, 2.45) is 0 Å². The average Bonchev–Trinajstić information content (AvgIpc) is 3.37. The van der Waals surface area contributed by atoms with Gasteiger partial charge in [-0.3, -0.25) is 19.9 Å². The minimum absolute atomic E-state index is 0.0244. The largest absolute Gasteiger partial charge is 0.345 e. The fourth-order valence-electron chi connectivity index (χ4n) is 3.00. The van der Waals surface area contributed by atoms with Gasteiger partial charge in [-0.05, 0) is 36.6 Å². The molecule has 0 unspecified atom stereocenters. The van der Waals surface area contributed by atoms with Gasteiger partial charge in [0.05, 0.1) is 4.92 Å². The van der Waals surface area contributed by atoms with Crippen LogP contribution in [0.3, 0.4) is 0 Å². The number of rotatable bonds is 5. The molecule has 126 valence electrons. The molecule has 0 radical (unpaired) electrons. The number of nitrogens with one attached hydrogen (secondary N) is 1. The maximum Gasteiger partial charge on any atom is 0.293 e. The third kappa shape index (κ3) is 2.96. The SMILES string of the molecule is O=C(c1cc2cccc([N+](=O)[O-])c2[nH]1)N(Cc1ccncc1)C1CC1. The monoisotopic (exact) mass is 336 g/mol. The number of hydrogen-bond acceptors (Lipinski definition) is 4. The van der Waals surface area contributed by atoms with E-state index in [1.807, 2.05) is 17.0 Å². The van der Waals surface area contributed by atoms with Crippen molar-refractivity contribution in [3.8, 4) is 0 Å². The lowest BCUT2D eigenvalue weighted by Gasteiger charge is -2.21. The Kier molecular flexibility index (Phi) is 3.68. The van der Waals surface area contributed by atoms with E-state index < -0.39 is 4.92 Å². The highest BCUT2D eigenvalue weighted by Crippen LogP contribution is 2.31. The highest BCUT2D eigenvalue weighted by molar-refractivity contribution is 6.00. The van der Waals surface area contributed by atoms with E-state index in [2.05, 4.69) is 9.97 Å². The van der Waals surface area contributed by atoms with Gasteiger partial charge in [-0.25, -0.2) is 0 Å². The number of aromatic amines is 1. The van der Waals surface area contributed by atoms with Crippen LogP contribution < -0.4 is 0 Å². The number of benzene rings is 1. The Hall–Kier alpha value is -3.22. The van der Waals surface area contributed by atoms with Gasteiger partial charge in [-0.15, -0.1) is 0 Å². The molecule has 1 aromatic carbocycles. The molecule has 2 heterocycles. The molecule has 0 spiro atoms. The number of non-ortho nitro benzene ring substituents is 1. The molecular formula is C18H16N4O3. The molecular weight excluding hydrogens is 320 g/mol. The van der Waals surface area contributed by atoms with Crippen molar-refractivity contribution in [3.63, 3.8) is 0 Å². The number of H-pyrrole nitrogens is 1. The Morgan fingerprint density at radius 2 is 2.04 bits per heavy atom. The molecule has 4 rings (SSSR count). The second kappa shape index (κ2) is 6.01. The number of nitro benzene ring substituents is 1. The number of carbonyl (C=O) groups is 1. The molecule has 1 N–H and O–H groups in total. The normalized spacial score (nSPS) is 13.8. The average molecular weight is 336 g/mol. The van der Waals surface area contributed by atoms with Gasteiger partial charge in [-0.1, -0.05) is 12.1 Å². The standard InChI is InChI=1S/C18H16N4O3/c23-18(21(14-4-5-14)11-12-6-8-19-9-7-12)15-10-13-2-1-3-16(22(24)25)17(13)20-15/h1-3,6-10,14,20H,4-5,11H2. The highest BCUT2D eigenvalue weighted by Gasteiger charge is 2.34. The molecule has 1 fully saturated rings. The van der Waals surface area contributed by atoms with E-state index in [0.717, 1.165) is 18.4 Å². The number of aromatic nitrogens is 2. The van der Waals surface area contributed by atoms with Crippen LogP contribution in [0.4, 0.5) is 5.69 Å². The molecule has 0 atom stereocenters. The fraction of sp³-hybridized carbons (Fsp3) is 0.222. The Labute approximate surface area is 143 Å². The molecule has 2 aromatic heterocycles. The molecule has 1 amide bonds. The number of nitrogens with zero attached hydrogens (tertiary/aromatic N) is 3. The Bertz CT molecular complexity index is 947. The Balaban J connectivity index is 1.67. The lowest BCUT2D eigenvalue weighted by atomic mass is 10.2. The summed E-state index contributed by atoms with van der Waals surface area (Å²) in [4.78, 5) is 32.5. The van der Waals surface area contributed by atoms with Crippen LogP contribution in [-0.2, 0) is 6.54 Å². The molecule has 0 saturated heterocycles. The third-order valence-corrected chi connectivity index (χ3v) is 4.41. The Morgan fingerprint density at radius 3 is 2.72 bits per heavy atom. The van der Waals surface area contributed by atoms with Gasteiger partial charge in [0.25, 0.3) is 11.6 Å². The maximum absolute atomic E-state index is 13.0. The van der Waals surface area contributed by atoms with E-state index in [0.29, 0.717) is 23.1 Å². The number of fused-ring (bicyclic) bond motifs is 1. The number of para-hydroxylation sites is 1. The maximum atomic E-state index is 13.0. The molecule has 25 heavy (non-hydrogen) atoms. The minimum Gasteiger partial charge on any atom is -0.345 e. The van der Waals surface area contributed by atoms with Crippen LogP contribution in [0.5, 0.6) is 0 Å². The Morgan fingerprint density at radius 1 is 1.28 bits per heavy atom. The van der Waals surface area contributed by atoms with Gasteiger partial charge in [0, 0.05) is 36.4 Å². The molecule has 7 heteroatoms. The van der Waals surface area contributed by atoms with Crippen molar-refractivity contribution >= 4 is 22.5 Å². The van der Waals surface area contributed by atoms with Gasteiger partial charge in [0.2, 0.25) is 0 Å². The predicted octanol–water partition coefficient (Wildman–Crippen LogP) is 3.28. The number of carbonyl (C=O) groups excluding carboxylic acids is 1. The van der Waals surface area contributed by atoms with E-state index in [1.165, 1.54) is 6.07 Å². The first-order chi connectivity index (χ1) is 12.1. The van der Waals surface area contributed by atoms with Crippen LogP contribution in [0.2, 0.25) is 0 Å². The van der Waals surface area contributed by atoms with Gasteiger partial charge >= 0.3 is 0 Å². The molecule has 3 aromatic rings. The second-order valence-corrected chi connectivity index (χ2v) is 6.20. The summed E-state index contributed by atoms with van der Waals surface area (Å²) >= 11 is 0. The van der Waals surface area contributed by atoms with Crippen LogP contribution in [0.15, 0.2) is 48.8 Å². The number of hydrogen-bond donors (Lipinski definition) is 1. The fourth-order valence-corrected chi connectivity index (χ4v) is 3.00. The molecule has 1 saturated carbocycles. The van der Waals surface area contributed by atoms with E-state index >= 15 is 0 Å². The van der Waals surface area contributed by atoms with Crippen molar-refractivity contribution < 1.29 is 9.72 Å². The summed E-state index contributed by atoms with van der Waals surface area (Å²) < 4.78 is 0. The summed E-state index contributed by atoms with van der Waals surface area (Å²) in [6.07, 6.45) is 5.38. The number of amides is 1. The molecule has 1 aliphatic carbocycles. The number of nitro groups is 1. The summed E-state index contributed by atoms with van der Waals surface area (Å²) in [6, 6.07) is 10.5. The summed E-state index contributed by atoms with van der Waals surface area (Å²) in [5, 5.41) is 11.8. The van der Waals surface area contributed by atoms with Crippen LogP contribution in [0, 0.1) is 10.1 Å². The lowest BCUT2D eigenvalue weighted by molar-refractivity contribution is -0.383. The van der Waals surface area contributed by atoms with Crippen LogP contribution in [0.25, 0.3) is 10.9 Å². The van der Waals surface area contributed by atoms with Gasteiger partial charge in [0.15, 0.2) is 0 Å². The summed E-state index contributed by atoms with van der Waals surface area (Å²) in [6.45, 7) is 0.503. The highest BCUT2D eigenvalue weighted by atomic mass is 16.6. The first kappa shape index (κ1) is 15.3. The van der Waals surface area contributed by atoms with Crippen LogP contribution in [0.1, 0.15) is 28.9 Å². The minimum atomic E-state index is -0.442. The lowest BCUT2D eigenvalue weighted by Crippen LogP contribution is -2.32. The van der Waals surface area contributed by atoms with E-state index in [1.54, 1.807) is 30.6 Å². The second-order valence-electron chi connectivity index (χ2n) is 6.20. The van der Waals surface area contributed by atoms with E-state index in [9.17, 15) is 14.9 Å². The van der Waals surface area contributed by atoms with E-state index in [-0.39, 0.29) is 17.6 Å². The quantitative estimate of drug-likeness (QED) is 0.571. The van der Waals surface area contributed by atoms with Crippen molar-refractivity contribution in [1.29, 1.82) is 0 Å². The van der Waals surface area contributed by atoms with Gasteiger partial charge < -0.3 is 9.88 Å². The third-order valence-electron chi connectivity index (χ3n) is 4.41. The first-order valence-electron chi connectivity index (χ1n) is 8.09. The molecule has 7 nitrogen and oxygen atoms in total. The zero-order valence-corrected chi connectivity index (χ0v) is 13.4. The van der Waals surface area contributed by atoms with E-state index in [4.69, 9.17) is 0 Å². The topological polar surface area (TPSA) is 92.1 Å².